The van der Waals surface area contributed by atoms with Gasteiger partial charge >= 0.3 is 0 Å². The summed E-state index contributed by atoms with van der Waals surface area (Å²) in [5.41, 5.74) is 18.3. The van der Waals surface area contributed by atoms with Gasteiger partial charge in [-0.05, 0) is 84.1 Å². The van der Waals surface area contributed by atoms with Gasteiger partial charge in [0.05, 0.1) is 22.9 Å². The Kier molecular flexibility index (Phi) is 7.54. The third-order valence-corrected chi connectivity index (χ3v) is 9.54. The molecule has 1 unspecified atom stereocenters. The number of hydrogen-bond acceptors (Lipinski definition) is 3. The van der Waals surface area contributed by atoms with Crippen molar-refractivity contribution in [3.8, 4) is 5.69 Å². The molecule has 0 aliphatic rings. The first-order valence-corrected chi connectivity index (χ1v) is 16.5. The molecule has 0 aliphatic carbocycles. The smallest absolute Gasteiger partial charge is 0.137 e. The Balaban J connectivity index is 1.25. The average molecular weight is 624 g/mol. The van der Waals surface area contributed by atoms with Gasteiger partial charge in [-0.3, -0.25) is 0 Å². The Labute approximate surface area is 281 Å². The third-order valence-electron chi connectivity index (χ3n) is 9.54. The molecule has 48 heavy (non-hydrogen) atoms. The summed E-state index contributed by atoms with van der Waals surface area (Å²) in [5, 5.41) is 3.44. The number of likely N-dealkylation sites (N-methyl/N-ethyl adjacent to an activating group) is 1. The Morgan fingerprint density at radius 1 is 0.708 bits per heavy atom. The highest BCUT2D eigenvalue weighted by Crippen LogP contribution is 2.37. The van der Waals surface area contributed by atoms with E-state index in [4.69, 9.17) is 10.2 Å². The molecule has 8 rings (SSSR count). The highest BCUT2D eigenvalue weighted by atomic mass is 16.3. The first-order valence-electron chi connectivity index (χ1n) is 16.5. The molecule has 8 aromatic rings. The highest BCUT2D eigenvalue weighted by molar-refractivity contribution is 6.10. The molecular formula is C44H37N3O. The number of hydrogen-bond donors (Lipinski definition) is 1. The van der Waals surface area contributed by atoms with Gasteiger partial charge in [-0.25, -0.2) is 0 Å². The minimum Gasteiger partial charge on any atom is -0.456 e. The quantitative estimate of drug-likeness (QED) is 0.171. The van der Waals surface area contributed by atoms with Gasteiger partial charge in [-0.1, -0.05) is 103 Å². The highest BCUT2D eigenvalue weighted by Gasteiger charge is 2.21. The van der Waals surface area contributed by atoms with Crippen molar-refractivity contribution in [2.45, 2.75) is 19.4 Å². The number of furan rings is 1. The zero-order valence-electron chi connectivity index (χ0n) is 27.2. The molecule has 0 bridgehead atoms. The summed E-state index contributed by atoms with van der Waals surface area (Å²) in [6.45, 7) is 2.15. The zero-order valence-corrected chi connectivity index (χ0v) is 27.2. The van der Waals surface area contributed by atoms with Gasteiger partial charge in [0.2, 0.25) is 0 Å². The zero-order chi connectivity index (χ0) is 32.6. The number of nitrogens with two attached hydrogens (primary N) is 1. The van der Waals surface area contributed by atoms with Crippen LogP contribution >= 0.6 is 0 Å². The maximum absolute atomic E-state index is 6.47. The van der Waals surface area contributed by atoms with Gasteiger partial charge in [-0.2, -0.15) is 0 Å². The Morgan fingerprint density at radius 2 is 1.44 bits per heavy atom. The summed E-state index contributed by atoms with van der Waals surface area (Å²) in [6, 6.07) is 51.3. The van der Waals surface area contributed by atoms with E-state index in [1.807, 2.05) is 30.3 Å². The van der Waals surface area contributed by atoms with Crippen LogP contribution in [0, 0.1) is 6.92 Å². The molecule has 0 spiro atoms. The lowest BCUT2D eigenvalue weighted by molar-refractivity contribution is 0.667. The van der Waals surface area contributed by atoms with Crippen LogP contribution in [-0.2, 0) is 6.42 Å². The maximum atomic E-state index is 6.47. The predicted molar refractivity (Wildman–Crippen MR) is 203 cm³/mol. The second-order valence-corrected chi connectivity index (χ2v) is 12.6. The van der Waals surface area contributed by atoms with Crippen molar-refractivity contribution in [1.29, 1.82) is 0 Å². The summed E-state index contributed by atoms with van der Waals surface area (Å²) in [7, 11) is 2.14. The van der Waals surface area contributed by atoms with Gasteiger partial charge in [-0.15, -0.1) is 0 Å². The number of nitrogens with zero attached hydrogens (tertiary/aromatic N) is 2. The van der Waals surface area contributed by atoms with E-state index in [0.29, 0.717) is 0 Å². The van der Waals surface area contributed by atoms with Crippen molar-refractivity contribution in [2.24, 2.45) is 0 Å². The van der Waals surface area contributed by atoms with Gasteiger partial charge in [0, 0.05) is 40.7 Å². The van der Waals surface area contributed by atoms with E-state index >= 15 is 0 Å². The van der Waals surface area contributed by atoms with Crippen LogP contribution < -0.4 is 10.6 Å². The van der Waals surface area contributed by atoms with Crippen LogP contribution in [-0.4, -0.2) is 11.6 Å². The van der Waals surface area contributed by atoms with Crippen LogP contribution in [0.2, 0.25) is 0 Å². The number of fused-ring (bicyclic) bond motifs is 4. The number of aryl methyl sites for hydroxylation is 1. The van der Waals surface area contributed by atoms with E-state index in [2.05, 4.69) is 151 Å². The van der Waals surface area contributed by atoms with Crippen molar-refractivity contribution in [2.75, 3.05) is 17.7 Å². The second kappa shape index (κ2) is 12.3. The van der Waals surface area contributed by atoms with Crippen molar-refractivity contribution in [3.63, 3.8) is 0 Å². The SMILES string of the molecule is Cc1ccccc1/C=C\c1cc2cc3c(cc2n1-c1ccc(C(Cc2ccccc2)N(C)c2ccccc2N)cc1)oc1ccccc13. The van der Waals surface area contributed by atoms with Crippen molar-refractivity contribution in [1.82, 2.24) is 4.57 Å². The minimum atomic E-state index is 0.0863. The topological polar surface area (TPSA) is 47.3 Å². The fourth-order valence-electron chi connectivity index (χ4n) is 6.95. The molecule has 0 saturated heterocycles. The molecule has 6 aromatic carbocycles. The fraction of sp³-hybridized carbons (Fsp3) is 0.0909. The summed E-state index contributed by atoms with van der Waals surface area (Å²) < 4.78 is 8.68. The van der Waals surface area contributed by atoms with E-state index in [9.17, 15) is 0 Å². The molecule has 4 heteroatoms. The van der Waals surface area contributed by atoms with Crippen molar-refractivity contribution >= 4 is 56.4 Å². The van der Waals surface area contributed by atoms with Gasteiger partial charge in [0.15, 0.2) is 0 Å². The molecule has 0 amide bonds. The maximum Gasteiger partial charge on any atom is 0.137 e. The van der Waals surface area contributed by atoms with Crippen LogP contribution in [0.1, 0.15) is 34.0 Å². The third kappa shape index (κ3) is 5.41. The molecule has 0 aliphatic heterocycles. The van der Waals surface area contributed by atoms with Crippen LogP contribution in [0.3, 0.4) is 0 Å². The molecule has 2 heterocycles. The standard InChI is InChI=1S/C44H37N3O/c1-30-12-6-7-15-32(30)20-25-36-27-34-28-38-37-16-8-11-19-43(37)48-44(38)29-42(34)47(36)35-23-21-33(22-24-35)41(26-31-13-4-3-5-14-31)46(2)40-18-10-9-17-39(40)45/h3-25,27-29,41H,26,45H2,1-2H3/b25-20-. The largest absolute Gasteiger partial charge is 0.456 e. The Hall–Kier alpha value is -6.00. The molecule has 234 valence electrons. The normalized spacial score (nSPS) is 12.4. The molecular weight excluding hydrogens is 587 g/mol. The molecule has 0 fully saturated rings. The van der Waals surface area contributed by atoms with Gasteiger partial charge in [0.25, 0.3) is 0 Å². The number of anilines is 2. The molecule has 4 nitrogen and oxygen atoms in total. The van der Waals surface area contributed by atoms with E-state index in [1.165, 1.54) is 27.6 Å². The molecule has 0 saturated carbocycles. The van der Waals surface area contributed by atoms with Gasteiger partial charge in [0.1, 0.15) is 11.2 Å². The fourth-order valence-corrected chi connectivity index (χ4v) is 6.95. The molecule has 0 radical (unpaired) electrons. The van der Waals surface area contributed by atoms with Crippen LogP contribution in [0.25, 0.3) is 50.7 Å². The summed E-state index contributed by atoms with van der Waals surface area (Å²) in [6.07, 6.45) is 5.29. The minimum absolute atomic E-state index is 0.0863. The van der Waals surface area contributed by atoms with E-state index in [0.717, 1.165) is 56.6 Å². The number of nitrogen functional groups attached to an aromatic ring is 1. The number of aromatic nitrogens is 1. The predicted octanol–water partition coefficient (Wildman–Crippen LogP) is 11.0. The summed E-state index contributed by atoms with van der Waals surface area (Å²) >= 11 is 0. The van der Waals surface area contributed by atoms with Crippen molar-refractivity contribution < 1.29 is 4.42 Å². The van der Waals surface area contributed by atoms with Crippen LogP contribution in [0.4, 0.5) is 11.4 Å². The lowest BCUT2D eigenvalue weighted by Crippen LogP contribution is -2.26. The average Bonchev–Trinajstić information content (AvgIpc) is 3.66. The number of benzene rings is 6. The van der Waals surface area contributed by atoms with E-state index in [1.54, 1.807) is 0 Å². The molecule has 1 atom stereocenters. The van der Waals surface area contributed by atoms with Crippen molar-refractivity contribution in [3.05, 3.63) is 174 Å². The van der Waals surface area contributed by atoms with Crippen LogP contribution in [0.5, 0.6) is 0 Å². The monoisotopic (exact) mass is 623 g/mol. The van der Waals surface area contributed by atoms with E-state index < -0.39 is 0 Å². The number of rotatable bonds is 8. The number of para-hydroxylation sites is 3. The first kappa shape index (κ1) is 29.4. The summed E-state index contributed by atoms with van der Waals surface area (Å²) in [5.74, 6) is 0. The van der Waals surface area contributed by atoms with Crippen LogP contribution in [0.15, 0.2) is 150 Å². The van der Waals surface area contributed by atoms with E-state index in [-0.39, 0.29) is 6.04 Å². The first-order chi connectivity index (χ1) is 23.5. The Bertz CT molecular complexity index is 2410. The lowest BCUT2D eigenvalue weighted by Gasteiger charge is -2.32. The Morgan fingerprint density at radius 3 is 2.25 bits per heavy atom. The lowest BCUT2D eigenvalue weighted by atomic mass is 9.96. The van der Waals surface area contributed by atoms with Gasteiger partial charge < -0.3 is 19.6 Å². The molecule has 2 aromatic heterocycles. The summed E-state index contributed by atoms with van der Waals surface area (Å²) in [4.78, 5) is 2.30. The molecule has 2 N–H and O–H groups in total. The second-order valence-electron chi connectivity index (χ2n) is 12.6.